The first-order chi connectivity index (χ1) is 7.30. The fourth-order valence-corrected chi connectivity index (χ4v) is 1.43. The van der Waals surface area contributed by atoms with Crippen molar-refractivity contribution in [2.45, 2.75) is 39.7 Å². The van der Waals surface area contributed by atoms with E-state index in [4.69, 9.17) is 0 Å². The van der Waals surface area contributed by atoms with Crippen molar-refractivity contribution < 1.29 is 13.9 Å². The summed E-state index contributed by atoms with van der Waals surface area (Å²) in [4.78, 5) is 0. The quantitative estimate of drug-likeness (QED) is 0.841. The maximum Gasteiger partial charge on any atom is 0.159 e. The van der Waals surface area contributed by atoms with Crippen LogP contribution in [-0.4, -0.2) is 11.2 Å². The first-order valence-electron chi connectivity index (χ1n) is 5.42. The fraction of sp³-hybridized carbons (Fsp3) is 0.538. The third-order valence-corrected chi connectivity index (χ3v) is 2.69. The summed E-state index contributed by atoms with van der Waals surface area (Å²) in [6.45, 7) is 5.84. The average molecular weight is 228 g/mol. The Morgan fingerprint density at radius 2 is 1.81 bits per heavy atom. The summed E-state index contributed by atoms with van der Waals surface area (Å²) in [5.74, 6) is -1.66. The van der Waals surface area contributed by atoms with Crippen LogP contribution in [0.1, 0.15) is 32.8 Å². The van der Waals surface area contributed by atoms with Gasteiger partial charge in [-0.1, -0.05) is 26.8 Å². The predicted octanol–water partition coefficient (Wildman–Crippen LogP) is 3.30. The monoisotopic (exact) mass is 228 g/mol. The minimum atomic E-state index is -0.833. The van der Waals surface area contributed by atoms with Crippen molar-refractivity contribution in [1.82, 2.24) is 0 Å². The second kappa shape index (κ2) is 4.91. The molecule has 0 fully saturated rings. The number of benzene rings is 1. The lowest BCUT2D eigenvalue weighted by molar-refractivity contribution is 0.0560. The molecule has 1 unspecified atom stereocenters. The molecule has 1 N–H and O–H groups in total. The number of rotatable bonds is 3. The zero-order valence-electron chi connectivity index (χ0n) is 9.93. The molecule has 0 aliphatic heterocycles. The minimum Gasteiger partial charge on any atom is -0.393 e. The molecule has 0 saturated heterocycles. The topological polar surface area (TPSA) is 20.2 Å². The van der Waals surface area contributed by atoms with Gasteiger partial charge in [0.25, 0.3) is 0 Å². The van der Waals surface area contributed by atoms with Gasteiger partial charge >= 0.3 is 0 Å². The van der Waals surface area contributed by atoms with Gasteiger partial charge in [-0.2, -0.15) is 0 Å². The summed E-state index contributed by atoms with van der Waals surface area (Å²) >= 11 is 0. The maximum absolute atomic E-state index is 12.9. The molecule has 3 heteroatoms. The van der Waals surface area contributed by atoms with E-state index in [2.05, 4.69) is 0 Å². The average Bonchev–Trinajstić information content (AvgIpc) is 2.18. The highest BCUT2D eigenvalue weighted by atomic mass is 19.2. The summed E-state index contributed by atoms with van der Waals surface area (Å²) in [5, 5.41) is 9.80. The SMILES string of the molecule is CC(C)(C)C(O)CCc1ccc(F)c(F)c1. The molecule has 1 rings (SSSR count). The highest BCUT2D eigenvalue weighted by Gasteiger charge is 2.21. The van der Waals surface area contributed by atoms with Crippen LogP contribution in [0, 0.1) is 17.0 Å². The first kappa shape index (κ1) is 13.1. The van der Waals surface area contributed by atoms with E-state index in [0.717, 1.165) is 6.07 Å². The van der Waals surface area contributed by atoms with Crippen molar-refractivity contribution in [2.24, 2.45) is 5.41 Å². The molecule has 90 valence electrons. The molecule has 1 atom stereocenters. The van der Waals surface area contributed by atoms with Gasteiger partial charge in [-0.25, -0.2) is 8.78 Å². The van der Waals surface area contributed by atoms with E-state index in [1.54, 1.807) is 6.07 Å². The molecule has 16 heavy (non-hydrogen) atoms. The van der Waals surface area contributed by atoms with Crippen LogP contribution in [0.3, 0.4) is 0 Å². The molecule has 0 saturated carbocycles. The normalized spacial score (nSPS) is 13.9. The van der Waals surface area contributed by atoms with Gasteiger partial charge in [-0.15, -0.1) is 0 Å². The van der Waals surface area contributed by atoms with Crippen molar-refractivity contribution in [3.05, 3.63) is 35.4 Å². The van der Waals surface area contributed by atoms with E-state index in [0.29, 0.717) is 18.4 Å². The number of hydrogen-bond donors (Lipinski definition) is 1. The Morgan fingerprint density at radius 1 is 1.19 bits per heavy atom. The van der Waals surface area contributed by atoms with Gasteiger partial charge < -0.3 is 5.11 Å². The molecular formula is C13H18F2O. The second-order valence-electron chi connectivity index (χ2n) is 5.17. The highest BCUT2D eigenvalue weighted by molar-refractivity contribution is 5.17. The lowest BCUT2D eigenvalue weighted by atomic mass is 9.86. The Kier molecular flexibility index (Phi) is 4.03. The van der Waals surface area contributed by atoms with Crippen molar-refractivity contribution in [2.75, 3.05) is 0 Å². The van der Waals surface area contributed by atoms with Crippen LogP contribution < -0.4 is 0 Å². The Bertz CT molecular complexity index is 355. The fourth-order valence-electron chi connectivity index (χ4n) is 1.43. The molecular weight excluding hydrogens is 210 g/mol. The molecule has 0 aliphatic carbocycles. The summed E-state index contributed by atoms with van der Waals surface area (Å²) in [7, 11) is 0. The van der Waals surface area contributed by atoms with E-state index >= 15 is 0 Å². The molecule has 0 aromatic heterocycles. The molecule has 0 amide bonds. The Labute approximate surface area is 95.1 Å². The number of halogens is 2. The molecule has 0 spiro atoms. The lowest BCUT2D eigenvalue weighted by Gasteiger charge is -2.25. The van der Waals surface area contributed by atoms with Gasteiger partial charge in [-0.05, 0) is 36.0 Å². The van der Waals surface area contributed by atoms with E-state index in [-0.39, 0.29) is 5.41 Å². The standard InChI is InChI=1S/C13H18F2O/c1-13(2,3)12(16)7-5-9-4-6-10(14)11(15)8-9/h4,6,8,12,16H,5,7H2,1-3H3. The molecule has 0 radical (unpaired) electrons. The summed E-state index contributed by atoms with van der Waals surface area (Å²) in [6.07, 6.45) is 0.658. The number of aliphatic hydroxyl groups is 1. The summed E-state index contributed by atoms with van der Waals surface area (Å²) in [5.41, 5.74) is 0.528. The van der Waals surface area contributed by atoms with Crippen LogP contribution in [0.25, 0.3) is 0 Å². The van der Waals surface area contributed by atoms with Crippen LogP contribution in [0.2, 0.25) is 0 Å². The van der Waals surface area contributed by atoms with E-state index in [1.165, 1.54) is 6.07 Å². The predicted molar refractivity (Wildman–Crippen MR) is 60.1 cm³/mol. The minimum absolute atomic E-state index is 0.182. The molecule has 1 nitrogen and oxygen atoms in total. The zero-order valence-corrected chi connectivity index (χ0v) is 9.93. The molecule has 1 aromatic carbocycles. The van der Waals surface area contributed by atoms with Gasteiger partial charge in [0.1, 0.15) is 0 Å². The van der Waals surface area contributed by atoms with Gasteiger partial charge in [0.2, 0.25) is 0 Å². The molecule has 0 aliphatic rings. The molecule has 0 bridgehead atoms. The Morgan fingerprint density at radius 3 is 2.31 bits per heavy atom. The van der Waals surface area contributed by atoms with Crippen LogP contribution in [0.5, 0.6) is 0 Å². The second-order valence-corrected chi connectivity index (χ2v) is 5.17. The number of hydrogen-bond acceptors (Lipinski definition) is 1. The first-order valence-corrected chi connectivity index (χ1v) is 5.42. The van der Waals surface area contributed by atoms with E-state index in [1.807, 2.05) is 20.8 Å². The number of aryl methyl sites for hydroxylation is 1. The largest absolute Gasteiger partial charge is 0.393 e. The number of aliphatic hydroxyl groups excluding tert-OH is 1. The van der Waals surface area contributed by atoms with Crippen molar-refractivity contribution in [1.29, 1.82) is 0 Å². The maximum atomic E-state index is 12.9. The van der Waals surface area contributed by atoms with Crippen molar-refractivity contribution in [3.63, 3.8) is 0 Å². The highest BCUT2D eigenvalue weighted by Crippen LogP contribution is 2.23. The Balaban J connectivity index is 2.58. The lowest BCUT2D eigenvalue weighted by Crippen LogP contribution is -2.26. The third kappa shape index (κ3) is 3.56. The summed E-state index contributed by atoms with van der Waals surface area (Å²) in [6, 6.07) is 3.85. The summed E-state index contributed by atoms with van der Waals surface area (Å²) < 4.78 is 25.6. The van der Waals surface area contributed by atoms with Gasteiger partial charge in [-0.3, -0.25) is 0 Å². The Hall–Kier alpha value is -0.960. The van der Waals surface area contributed by atoms with Crippen molar-refractivity contribution in [3.8, 4) is 0 Å². The van der Waals surface area contributed by atoms with Crippen LogP contribution >= 0.6 is 0 Å². The van der Waals surface area contributed by atoms with E-state index in [9.17, 15) is 13.9 Å². The molecule has 1 aromatic rings. The smallest absolute Gasteiger partial charge is 0.159 e. The van der Waals surface area contributed by atoms with Gasteiger partial charge in [0.15, 0.2) is 11.6 Å². The van der Waals surface area contributed by atoms with Crippen LogP contribution in [-0.2, 0) is 6.42 Å². The van der Waals surface area contributed by atoms with Gasteiger partial charge in [0, 0.05) is 0 Å². The van der Waals surface area contributed by atoms with Crippen LogP contribution in [0.15, 0.2) is 18.2 Å². The molecule has 0 heterocycles. The van der Waals surface area contributed by atoms with Crippen LogP contribution in [0.4, 0.5) is 8.78 Å². The van der Waals surface area contributed by atoms with E-state index < -0.39 is 17.7 Å². The zero-order chi connectivity index (χ0) is 12.3. The van der Waals surface area contributed by atoms with Crippen molar-refractivity contribution >= 4 is 0 Å². The van der Waals surface area contributed by atoms with Gasteiger partial charge in [0.05, 0.1) is 6.10 Å². The third-order valence-electron chi connectivity index (χ3n) is 2.69.